The van der Waals surface area contributed by atoms with E-state index in [9.17, 15) is 18.0 Å². The van der Waals surface area contributed by atoms with E-state index in [0.717, 1.165) is 18.1 Å². The van der Waals surface area contributed by atoms with Gasteiger partial charge in [0.25, 0.3) is 5.91 Å². The third-order valence-corrected chi connectivity index (χ3v) is 5.70. The zero-order valence-electron chi connectivity index (χ0n) is 16.1. The Labute approximate surface area is 169 Å². The van der Waals surface area contributed by atoms with Crippen LogP contribution in [0.1, 0.15) is 28.4 Å². The first-order chi connectivity index (χ1) is 13.7. The standard InChI is InChI=1S/C20H22N2O6S/c1-13(19(23)22-10-9-14-5-3-4-6-15(14)12-22)28-20(24)17-11-16(29(21,25)26)7-8-18(17)27-2/h3-8,11,13H,9-10,12H2,1-2H3,(H2,21,25,26)/t13-/m0/s1. The Bertz CT molecular complexity index is 1050. The molecule has 1 atom stereocenters. The van der Waals surface area contributed by atoms with Gasteiger partial charge in [-0.2, -0.15) is 0 Å². The number of ether oxygens (including phenoxy) is 2. The Kier molecular flexibility index (Phi) is 5.90. The fourth-order valence-electron chi connectivity index (χ4n) is 3.24. The molecule has 1 amide bonds. The van der Waals surface area contributed by atoms with Crippen LogP contribution in [0.25, 0.3) is 0 Å². The van der Waals surface area contributed by atoms with E-state index in [-0.39, 0.29) is 22.1 Å². The lowest BCUT2D eigenvalue weighted by molar-refractivity contribution is -0.140. The molecule has 29 heavy (non-hydrogen) atoms. The Morgan fingerprint density at radius 1 is 1.14 bits per heavy atom. The summed E-state index contributed by atoms with van der Waals surface area (Å²) >= 11 is 0. The van der Waals surface area contributed by atoms with Crippen molar-refractivity contribution in [3.05, 3.63) is 59.2 Å². The summed E-state index contributed by atoms with van der Waals surface area (Å²) in [7, 11) is -2.68. The SMILES string of the molecule is COc1ccc(S(N)(=O)=O)cc1C(=O)O[C@@H](C)C(=O)N1CCc2ccccc2C1. The number of sulfonamides is 1. The maximum atomic E-state index is 12.8. The van der Waals surface area contributed by atoms with Gasteiger partial charge in [-0.3, -0.25) is 4.79 Å². The molecule has 9 heteroatoms. The summed E-state index contributed by atoms with van der Waals surface area (Å²) in [5.74, 6) is -1.08. The summed E-state index contributed by atoms with van der Waals surface area (Å²) in [5.41, 5.74) is 2.14. The van der Waals surface area contributed by atoms with Gasteiger partial charge in [-0.15, -0.1) is 0 Å². The van der Waals surface area contributed by atoms with Gasteiger partial charge >= 0.3 is 5.97 Å². The van der Waals surface area contributed by atoms with E-state index in [1.807, 2.05) is 24.3 Å². The number of fused-ring (bicyclic) bond motifs is 1. The molecule has 1 aliphatic rings. The molecular formula is C20H22N2O6S. The van der Waals surface area contributed by atoms with Crippen LogP contribution in [0, 0.1) is 0 Å². The number of rotatable bonds is 5. The highest BCUT2D eigenvalue weighted by Gasteiger charge is 2.28. The summed E-state index contributed by atoms with van der Waals surface area (Å²) in [5, 5.41) is 5.12. The molecule has 0 aliphatic carbocycles. The van der Waals surface area contributed by atoms with Gasteiger partial charge in [0.15, 0.2) is 6.10 Å². The molecule has 2 aromatic carbocycles. The zero-order chi connectivity index (χ0) is 21.2. The van der Waals surface area contributed by atoms with Crippen LogP contribution in [0.15, 0.2) is 47.4 Å². The van der Waals surface area contributed by atoms with Gasteiger partial charge < -0.3 is 14.4 Å². The average Bonchev–Trinajstić information content (AvgIpc) is 2.71. The first kappa shape index (κ1) is 20.8. The van der Waals surface area contributed by atoms with Crippen molar-refractivity contribution in [1.82, 2.24) is 4.90 Å². The van der Waals surface area contributed by atoms with E-state index in [2.05, 4.69) is 0 Å². The molecule has 0 spiro atoms. The minimum Gasteiger partial charge on any atom is -0.496 e. The van der Waals surface area contributed by atoms with Crippen molar-refractivity contribution in [2.24, 2.45) is 5.14 Å². The van der Waals surface area contributed by atoms with E-state index in [4.69, 9.17) is 14.6 Å². The molecule has 154 valence electrons. The van der Waals surface area contributed by atoms with Crippen LogP contribution >= 0.6 is 0 Å². The van der Waals surface area contributed by atoms with Gasteiger partial charge in [0, 0.05) is 13.1 Å². The van der Waals surface area contributed by atoms with Crippen molar-refractivity contribution in [1.29, 1.82) is 0 Å². The largest absolute Gasteiger partial charge is 0.496 e. The molecule has 0 unspecified atom stereocenters. The van der Waals surface area contributed by atoms with Crippen molar-refractivity contribution in [3.8, 4) is 5.75 Å². The summed E-state index contributed by atoms with van der Waals surface area (Å²) in [6.07, 6.45) is -0.317. The summed E-state index contributed by atoms with van der Waals surface area (Å²) in [6.45, 7) is 2.46. The predicted molar refractivity (Wildman–Crippen MR) is 105 cm³/mol. The normalized spacial score (nSPS) is 14.7. The molecule has 0 saturated heterocycles. The Morgan fingerprint density at radius 2 is 1.83 bits per heavy atom. The van der Waals surface area contributed by atoms with Gasteiger partial charge in [0.2, 0.25) is 10.0 Å². The first-order valence-electron chi connectivity index (χ1n) is 8.98. The van der Waals surface area contributed by atoms with Crippen molar-refractivity contribution >= 4 is 21.9 Å². The van der Waals surface area contributed by atoms with Gasteiger partial charge in [0.05, 0.1) is 12.0 Å². The van der Waals surface area contributed by atoms with E-state index < -0.39 is 22.1 Å². The van der Waals surface area contributed by atoms with Crippen LogP contribution < -0.4 is 9.88 Å². The number of primary sulfonamides is 1. The fourth-order valence-corrected chi connectivity index (χ4v) is 3.78. The molecule has 0 aromatic heterocycles. The summed E-state index contributed by atoms with van der Waals surface area (Å²) < 4.78 is 33.5. The number of carbonyl (C=O) groups is 2. The quantitative estimate of drug-likeness (QED) is 0.735. The number of hydrogen-bond acceptors (Lipinski definition) is 6. The molecule has 0 bridgehead atoms. The first-order valence-corrected chi connectivity index (χ1v) is 10.5. The van der Waals surface area contributed by atoms with Gasteiger partial charge in [-0.1, -0.05) is 24.3 Å². The third-order valence-electron chi connectivity index (χ3n) is 4.79. The molecule has 0 saturated carbocycles. The number of carbonyl (C=O) groups excluding carboxylic acids is 2. The summed E-state index contributed by atoms with van der Waals surface area (Å²) in [6, 6.07) is 11.5. The van der Waals surface area contributed by atoms with Crippen molar-refractivity contribution < 1.29 is 27.5 Å². The van der Waals surface area contributed by atoms with Crippen molar-refractivity contribution in [3.63, 3.8) is 0 Å². The van der Waals surface area contributed by atoms with E-state index in [0.29, 0.717) is 13.1 Å². The number of esters is 1. The number of methoxy groups -OCH3 is 1. The van der Waals surface area contributed by atoms with E-state index in [1.54, 1.807) is 4.90 Å². The molecule has 0 radical (unpaired) electrons. The molecule has 1 aliphatic heterocycles. The number of benzene rings is 2. The highest BCUT2D eigenvalue weighted by molar-refractivity contribution is 7.89. The van der Waals surface area contributed by atoms with Crippen LogP contribution in [-0.4, -0.2) is 45.0 Å². The Balaban J connectivity index is 1.74. The third kappa shape index (κ3) is 4.57. The van der Waals surface area contributed by atoms with Gasteiger partial charge in [-0.25, -0.2) is 18.4 Å². The second kappa shape index (κ2) is 8.22. The smallest absolute Gasteiger partial charge is 0.342 e. The highest BCUT2D eigenvalue weighted by atomic mass is 32.2. The summed E-state index contributed by atoms with van der Waals surface area (Å²) in [4.78, 5) is 26.7. The van der Waals surface area contributed by atoms with Crippen molar-refractivity contribution in [2.45, 2.75) is 30.9 Å². The Hall–Kier alpha value is -2.91. The maximum absolute atomic E-state index is 12.8. The predicted octanol–water partition coefficient (Wildman–Crippen LogP) is 1.47. The number of amides is 1. The van der Waals surface area contributed by atoms with Crippen LogP contribution in [0.5, 0.6) is 5.75 Å². The van der Waals surface area contributed by atoms with Crippen LogP contribution in [0.2, 0.25) is 0 Å². The van der Waals surface area contributed by atoms with Crippen LogP contribution in [0.4, 0.5) is 0 Å². The van der Waals surface area contributed by atoms with E-state index in [1.165, 1.54) is 31.7 Å². The second-order valence-corrected chi connectivity index (χ2v) is 8.29. The fraction of sp³-hybridized carbons (Fsp3) is 0.300. The lowest BCUT2D eigenvalue weighted by Gasteiger charge is -2.30. The second-order valence-electron chi connectivity index (χ2n) is 6.73. The molecule has 2 N–H and O–H groups in total. The zero-order valence-corrected chi connectivity index (χ0v) is 16.9. The molecule has 2 aromatic rings. The minimum atomic E-state index is -4.01. The molecule has 8 nitrogen and oxygen atoms in total. The van der Waals surface area contributed by atoms with Crippen molar-refractivity contribution in [2.75, 3.05) is 13.7 Å². The molecule has 3 rings (SSSR count). The number of nitrogens with zero attached hydrogens (tertiary/aromatic N) is 1. The van der Waals surface area contributed by atoms with Gasteiger partial charge in [-0.05, 0) is 42.7 Å². The lowest BCUT2D eigenvalue weighted by Crippen LogP contribution is -2.42. The topological polar surface area (TPSA) is 116 Å². The minimum absolute atomic E-state index is 0.119. The molecule has 0 fully saturated rings. The lowest BCUT2D eigenvalue weighted by atomic mass is 9.99. The molecule has 1 heterocycles. The van der Waals surface area contributed by atoms with E-state index >= 15 is 0 Å². The van der Waals surface area contributed by atoms with Gasteiger partial charge in [0.1, 0.15) is 11.3 Å². The maximum Gasteiger partial charge on any atom is 0.342 e. The number of nitrogens with two attached hydrogens (primary N) is 1. The van der Waals surface area contributed by atoms with Crippen LogP contribution in [0.3, 0.4) is 0 Å². The monoisotopic (exact) mass is 418 g/mol. The number of hydrogen-bond donors (Lipinski definition) is 1. The highest BCUT2D eigenvalue weighted by Crippen LogP contribution is 2.24. The Morgan fingerprint density at radius 3 is 2.48 bits per heavy atom. The average molecular weight is 418 g/mol. The van der Waals surface area contributed by atoms with Crippen LogP contribution in [-0.2, 0) is 32.5 Å². The molecular weight excluding hydrogens is 396 g/mol.